The number of nitrogens with one attached hydrogen (secondary N) is 2. The number of anilines is 1. The van der Waals surface area contributed by atoms with Gasteiger partial charge in [0.2, 0.25) is 11.8 Å². The number of esters is 1. The molecule has 0 bridgehead atoms. The van der Waals surface area contributed by atoms with Gasteiger partial charge in [-0.3, -0.25) is 5.32 Å². The maximum Gasteiger partial charge on any atom is 0.328 e. The second-order valence-corrected chi connectivity index (χ2v) is 6.25. The molecule has 0 saturated heterocycles. The molecule has 0 unspecified atom stereocenters. The first kappa shape index (κ1) is 20.6. The van der Waals surface area contributed by atoms with Crippen molar-refractivity contribution in [2.45, 2.75) is 26.8 Å². The van der Waals surface area contributed by atoms with Gasteiger partial charge in [0.1, 0.15) is 11.8 Å². The number of carbonyl (C=O) groups is 2. The fourth-order valence-electron chi connectivity index (χ4n) is 2.27. The molecule has 0 aliphatic rings. The van der Waals surface area contributed by atoms with Crippen molar-refractivity contribution in [2.24, 2.45) is 5.92 Å². The van der Waals surface area contributed by atoms with Gasteiger partial charge in [-0.2, -0.15) is 10.2 Å². The highest BCUT2D eigenvalue weighted by Gasteiger charge is 2.25. The first-order valence-electron chi connectivity index (χ1n) is 8.51. The molecule has 146 valence electrons. The molecule has 0 radical (unpaired) electrons. The summed E-state index contributed by atoms with van der Waals surface area (Å²) >= 11 is 0. The summed E-state index contributed by atoms with van der Waals surface area (Å²) in [5.74, 6) is 0.0273. The monoisotopic (exact) mass is 383 g/mol. The van der Waals surface area contributed by atoms with Gasteiger partial charge in [0.15, 0.2) is 0 Å². The summed E-state index contributed by atoms with van der Waals surface area (Å²) in [6.07, 6.45) is 0. The highest BCUT2D eigenvalue weighted by atomic mass is 16.5. The average molecular weight is 383 g/mol. The van der Waals surface area contributed by atoms with Gasteiger partial charge in [-0.15, -0.1) is 0 Å². The van der Waals surface area contributed by atoms with Crippen LogP contribution in [0.15, 0.2) is 30.3 Å². The number of nitrogens with zero attached hydrogens (tertiary/aromatic N) is 3. The Kier molecular flexibility index (Phi) is 6.87. The van der Waals surface area contributed by atoms with Gasteiger partial charge >= 0.3 is 12.0 Å². The normalized spacial score (nSPS) is 11.3. The Hall–Kier alpha value is -3.67. The Balaban J connectivity index is 2.10. The van der Waals surface area contributed by atoms with Crippen LogP contribution in [-0.2, 0) is 9.53 Å². The van der Waals surface area contributed by atoms with Crippen LogP contribution < -0.4 is 15.4 Å². The number of ether oxygens (including phenoxy) is 2. The zero-order chi connectivity index (χ0) is 20.7. The van der Waals surface area contributed by atoms with E-state index in [0.717, 1.165) is 0 Å². The lowest BCUT2D eigenvalue weighted by molar-refractivity contribution is -0.143. The van der Waals surface area contributed by atoms with Gasteiger partial charge in [0.05, 0.1) is 18.7 Å². The lowest BCUT2D eigenvalue weighted by atomic mass is 10.1. The Morgan fingerprint density at radius 3 is 2.43 bits per heavy atom. The molecule has 2 N–H and O–H groups in total. The largest absolute Gasteiger partial charge is 0.467 e. The van der Waals surface area contributed by atoms with E-state index < -0.39 is 18.0 Å². The molecule has 2 aromatic rings. The van der Waals surface area contributed by atoms with E-state index in [4.69, 9.17) is 14.7 Å². The number of urea groups is 1. The average Bonchev–Trinajstić information content (AvgIpc) is 2.65. The maximum atomic E-state index is 12.2. The minimum Gasteiger partial charge on any atom is -0.467 e. The SMILES string of the molecule is COC(=O)[C@H](NC(=O)Nc1nc(C)cc(Oc2ccc(C#N)cc2)n1)C(C)C. The van der Waals surface area contributed by atoms with E-state index in [9.17, 15) is 9.59 Å². The summed E-state index contributed by atoms with van der Waals surface area (Å²) in [7, 11) is 1.26. The van der Waals surface area contributed by atoms with Crippen LogP contribution in [0.4, 0.5) is 10.7 Å². The highest BCUT2D eigenvalue weighted by molar-refractivity contribution is 5.91. The van der Waals surface area contributed by atoms with Gasteiger partial charge in [-0.05, 0) is 37.1 Å². The zero-order valence-corrected chi connectivity index (χ0v) is 16.0. The maximum absolute atomic E-state index is 12.2. The molecular weight excluding hydrogens is 362 g/mol. The Morgan fingerprint density at radius 2 is 1.86 bits per heavy atom. The second kappa shape index (κ2) is 9.32. The van der Waals surface area contributed by atoms with Crippen molar-refractivity contribution in [3.63, 3.8) is 0 Å². The van der Waals surface area contributed by atoms with Crippen molar-refractivity contribution in [1.29, 1.82) is 5.26 Å². The number of hydrogen-bond donors (Lipinski definition) is 2. The number of aromatic nitrogens is 2. The van der Waals surface area contributed by atoms with Crippen LogP contribution in [0.2, 0.25) is 0 Å². The fourth-order valence-corrected chi connectivity index (χ4v) is 2.27. The predicted octanol–water partition coefficient (Wildman–Crippen LogP) is 2.77. The number of amides is 2. The topological polar surface area (TPSA) is 126 Å². The van der Waals surface area contributed by atoms with Crippen molar-refractivity contribution in [2.75, 3.05) is 12.4 Å². The number of benzene rings is 1. The third-order valence-corrected chi connectivity index (χ3v) is 3.67. The van der Waals surface area contributed by atoms with E-state index in [1.165, 1.54) is 7.11 Å². The van der Waals surface area contributed by atoms with Crippen molar-refractivity contribution >= 4 is 17.9 Å². The summed E-state index contributed by atoms with van der Waals surface area (Å²) in [5, 5.41) is 13.9. The molecule has 28 heavy (non-hydrogen) atoms. The summed E-state index contributed by atoms with van der Waals surface area (Å²) in [5.41, 5.74) is 1.08. The molecule has 1 aromatic heterocycles. The first-order chi connectivity index (χ1) is 13.3. The van der Waals surface area contributed by atoms with Crippen molar-refractivity contribution in [3.05, 3.63) is 41.6 Å². The first-order valence-corrected chi connectivity index (χ1v) is 8.51. The Labute approximate surface area is 162 Å². The lowest BCUT2D eigenvalue weighted by Gasteiger charge is -2.19. The highest BCUT2D eigenvalue weighted by Crippen LogP contribution is 2.21. The molecular formula is C19H21N5O4. The van der Waals surface area contributed by atoms with Gasteiger partial charge in [0.25, 0.3) is 0 Å². The number of aryl methyl sites for hydroxylation is 1. The quantitative estimate of drug-likeness (QED) is 0.734. The molecule has 0 aliphatic heterocycles. The fraction of sp³-hybridized carbons (Fsp3) is 0.316. The molecule has 0 aliphatic carbocycles. The summed E-state index contributed by atoms with van der Waals surface area (Å²) < 4.78 is 10.3. The summed E-state index contributed by atoms with van der Waals surface area (Å²) in [6, 6.07) is 8.70. The molecule has 1 aromatic carbocycles. The zero-order valence-electron chi connectivity index (χ0n) is 16.0. The smallest absolute Gasteiger partial charge is 0.328 e. The number of carbonyl (C=O) groups excluding carboxylic acids is 2. The standard InChI is InChI=1S/C19H21N5O4/c1-11(2)16(17(25)27-4)23-19(26)24-18-21-12(3)9-15(22-18)28-14-7-5-13(10-20)6-8-14/h5-9,11,16H,1-4H3,(H2,21,22,23,24,26)/t16-/m1/s1. The Morgan fingerprint density at radius 1 is 1.18 bits per heavy atom. The van der Waals surface area contributed by atoms with Gasteiger partial charge in [-0.25, -0.2) is 14.6 Å². The van der Waals surface area contributed by atoms with Gasteiger partial charge < -0.3 is 14.8 Å². The van der Waals surface area contributed by atoms with Crippen molar-refractivity contribution in [3.8, 4) is 17.7 Å². The van der Waals surface area contributed by atoms with Crippen LogP contribution in [-0.4, -0.2) is 35.1 Å². The Bertz CT molecular complexity index is 890. The van der Waals surface area contributed by atoms with Crippen LogP contribution >= 0.6 is 0 Å². The minimum absolute atomic E-state index is 0.0218. The molecule has 2 amide bonds. The lowest BCUT2D eigenvalue weighted by Crippen LogP contribution is -2.46. The summed E-state index contributed by atoms with van der Waals surface area (Å²) in [4.78, 5) is 32.3. The predicted molar refractivity (Wildman–Crippen MR) is 101 cm³/mol. The van der Waals surface area contributed by atoms with Gasteiger partial charge in [-0.1, -0.05) is 13.8 Å². The summed E-state index contributed by atoms with van der Waals surface area (Å²) in [6.45, 7) is 5.30. The number of nitriles is 1. The third kappa shape index (κ3) is 5.67. The van der Waals surface area contributed by atoms with E-state index in [1.807, 2.05) is 6.07 Å². The van der Waals surface area contributed by atoms with E-state index in [2.05, 4.69) is 20.6 Å². The van der Waals surface area contributed by atoms with Crippen LogP contribution in [0, 0.1) is 24.2 Å². The van der Waals surface area contributed by atoms with Crippen LogP contribution in [0.25, 0.3) is 0 Å². The van der Waals surface area contributed by atoms with Crippen molar-refractivity contribution < 1.29 is 19.1 Å². The number of rotatable bonds is 6. The number of hydrogen-bond acceptors (Lipinski definition) is 7. The molecule has 1 atom stereocenters. The molecule has 0 saturated carbocycles. The second-order valence-electron chi connectivity index (χ2n) is 6.25. The van der Waals surface area contributed by atoms with E-state index in [-0.39, 0.29) is 17.7 Å². The minimum atomic E-state index is -0.802. The van der Waals surface area contributed by atoms with Crippen LogP contribution in [0.1, 0.15) is 25.1 Å². The molecule has 9 nitrogen and oxygen atoms in total. The van der Waals surface area contributed by atoms with Crippen LogP contribution in [0.3, 0.4) is 0 Å². The number of methoxy groups -OCH3 is 1. The molecule has 0 fully saturated rings. The van der Waals surface area contributed by atoms with Gasteiger partial charge in [0, 0.05) is 11.8 Å². The molecule has 1 heterocycles. The van der Waals surface area contributed by atoms with E-state index >= 15 is 0 Å². The van der Waals surface area contributed by atoms with Crippen LogP contribution in [0.5, 0.6) is 11.6 Å². The molecule has 2 rings (SSSR count). The molecule has 0 spiro atoms. The van der Waals surface area contributed by atoms with E-state index in [0.29, 0.717) is 17.0 Å². The third-order valence-electron chi connectivity index (χ3n) is 3.67. The molecule has 9 heteroatoms. The van der Waals surface area contributed by atoms with Crippen molar-refractivity contribution in [1.82, 2.24) is 15.3 Å². The van der Waals surface area contributed by atoms with E-state index in [1.54, 1.807) is 51.1 Å².